The zero-order valence-electron chi connectivity index (χ0n) is 24.5. The predicted octanol–water partition coefficient (Wildman–Crippen LogP) is 5.79. The largest absolute Gasteiger partial charge is 0.497 e. The highest BCUT2D eigenvalue weighted by Crippen LogP contribution is 2.37. The van der Waals surface area contributed by atoms with Gasteiger partial charge in [-0.2, -0.15) is 0 Å². The van der Waals surface area contributed by atoms with Crippen molar-refractivity contribution in [2.75, 3.05) is 13.7 Å². The van der Waals surface area contributed by atoms with Crippen LogP contribution in [0.15, 0.2) is 90.1 Å². The number of rotatable bonds is 9. The maximum absolute atomic E-state index is 13.5. The van der Waals surface area contributed by atoms with Crippen LogP contribution in [-0.2, 0) is 27.7 Å². The zero-order chi connectivity index (χ0) is 29.8. The van der Waals surface area contributed by atoms with Crippen molar-refractivity contribution < 1.29 is 17.9 Å². The van der Waals surface area contributed by atoms with E-state index in [1.165, 1.54) is 11.1 Å². The van der Waals surface area contributed by atoms with Crippen LogP contribution < -0.4 is 14.8 Å². The summed E-state index contributed by atoms with van der Waals surface area (Å²) < 4.78 is 34.3. The third-order valence-corrected chi connectivity index (χ3v) is 10.7. The van der Waals surface area contributed by atoms with Gasteiger partial charge < -0.3 is 10.1 Å². The van der Waals surface area contributed by atoms with Crippen LogP contribution in [-0.4, -0.2) is 39.0 Å². The van der Waals surface area contributed by atoms with E-state index in [4.69, 9.17) is 4.74 Å². The summed E-state index contributed by atoms with van der Waals surface area (Å²) in [6.45, 7) is 0.388. The highest BCUT2D eigenvalue weighted by atomic mass is 32.2. The summed E-state index contributed by atoms with van der Waals surface area (Å²) >= 11 is 0. The number of sulfonamides is 1. The molecule has 2 aliphatic carbocycles. The summed E-state index contributed by atoms with van der Waals surface area (Å²) in [7, 11) is -1.91. The Kier molecular flexibility index (Phi) is 8.77. The van der Waals surface area contributed by atoms with Gasteiger partial charge in [0, 0.05) is 36.8 Å². The minimum atomic E-state index is -3.60. The number of benzene rings is 3. The van der Waals surface area contributed by atoms with Crippen LogP contribution in [0.4, 0.5) is 0 Å². The molecule has 0 bridgehead atoms. The molecule has 1 unspecified atom stereocenters. The number of ether oxygens (including phenoxy) is 1. The van der Waals surface area contributed by atoms with Gasteiger partial charge in [-0.25, -0.2) is 13.1 Å². The Hall–Kier alpha value is -3.75. The molecule has 1 aromatic heterocycles. The minimum Gasteiger partial charge on any atom is -0.497 e. The third-order valence-electron chi connectivity index (χ3n) is 9.28. The number of aryl methyl sites for hydroxylation is 1. The van der Waals surface area contributed by atoms with E-state index in [0.29, 0.717) is 6.54 Å². The summed E-state index contributed by atoms with van der Waals surface area (Å²) in [6.07, 6.45) is 9.45. The lowest BCUT2D eigenvalue weighted by Gasteiger charge is -2.36. The lowest BCUT2D eigenvalue weighted by atomic mass is 9.75. The SMILES string of the molecule is COc1ccc2c(c1)CC[C@@H](NC(=O)[C@H]1CC[C@@H](CNS(=O)(=O)c3ccc4ccccc4c3)CC1)C2Cc1cccnc1. The third kappa shape index (κ3) is 6.76. The molecule has 0 spiro atoms. The van der Waals surface area contributed by atoms with E-state index in [-0.39, 0.29) is 34.6 Å². The first-order valence-electron chi connectivity index (χ1n) is 15.2. The molecule has 1 heterocycles. The fourth-order valence-electron chi connectivity index (χ4n) is 6.79. The second-order valence-electron chi connectivity index (χ2n) is 12.0. The van der Waals surface area contributed by atoms with Gasteiger partial charge in [-0.05, 0) is 109 Å². The van der Waals surface area contributed by atoms with Crippen molar-refractivity contribution in [3.05, 3.63) is 102 Å². The minimum absolute atomic E-state index is 0.0417. The lowest BCUT2D eigenvalue weighted by Crippen LogP contribution is -2.46. The van der Waals surface area contributed by atoms with Gasteiger partial charge >= 0.3 is 0 Å². The van der Waals surface area contributed by atoms with Crippen LogP contribution in [0.2, 0.25) is 0 Å². The first kappa shape index (κ1) is 29.3. The van der Waals surface area contributed by atoms with Crippen LogP contribution in [0.25, 0.3) is 10.8 Å². The molecule has 1 fully saturated rings. The smallest absolute Gasteiger partial charge is 0.240 e. The number of hydrogen-bond acceptors (Lipinski definition) is 5. The number of hydrogen-bond donors (Lipinski definition) is 2. The van der Waals surface area contributed by atoms with Gasteiger partial charge in [0.25, 0.3) is 0 Å². The Morgan fingerprint density at radius 1 is 0.930 bits per heavy atom. The Bertz CT molecular complexity index is 1680. The fraction of sp³-hybridized carbons (Fsp3) is 0.371. The molecule has 224 valence electrons. The molecule has 0 radical (unpaired) electrons. The van der Waals surface area contributed by atoms with Crippen LogP contribution in [0.3, 0.4) is 0 Å². The topological polar surface area (TPSA) is 97.4 Å². The van der Waals surface area contributed by atoms with E-state index in [0.717, 1.165) is 67.0 Å². The predicted molar refractivity (Wildman–Crippen MR) is 169 cm³/mol. The van der Waals surface area contributed by atoms with E-state index in [1.807, 2.05) is 48.7 Å². The second-order valence-corrected chi connectivity index (χ2v) is 13.7. The molecule has 1 saturated carbocycles. The number of nitrogens with zero attached hydrogens (tertiary/aromatic N) is 1. The summed E-state index contributed by atoms with van der Waals surface area (Å²) in [4.78, 5) is 18.1. The molecule has 2 atom stereocenters. The molecule has 8 heteroatoms. The molecule has 7 nitrogen and oxygen atoms in total. The second kappa shape index (κ2) is 12.9. The van der Waals surface area contributed by atoms with Crippen molar-refractivity contribution >= 4 is 26.7 Å². The van der Waals surface area contributed by atoms with Gasteiger partial charge in [0.05, 0.1) is 12.0 Å². The average molecular weight is 598 g/mol. The first-order chi connectivity index (χ1) is 20.9. The van der Waals surface area contributed by atoms with Crippen molar-refractivity contribution in [2.24, 2.45) is 11.8 Å². The number of methoxy groups -OCH3 is 1. The van der Waals surface area contributed by atoms with Crippen molar-refractivity contribution in [1.29, 1.82) is 0 Å². The standard InChI is InChI=1S/C35H39N3O4S/c1-42-30-14-16-32-29(20-30)13-17-34(33(32)19-25-5-4-18-36-22-25)38-35(39)27-10-8-24(9-11-27)23-37-43(40,41)31-15-12-26-6-2-3-7-28(26)21-31/h2-7,12,14-16,18,20-22,24,27,33-34,37H,8-11,13,17,19,23H2,1H3,(H,38,39)/t24-,27+,33?,34-/m1/s1. The summed E-state index contributed by atoms with van der Waals surface area (Å²) in [5, 5.41) is 5.35. The van der Waals surface area contributed by atoms with Gasteiger partial charge in [0.2, 0.25) is 15.9 Å². The molecule has 1 amide bonds. The quantitative estimate of drug-likeness (QED) is 0.255. The van der Waals surface area contributed by atoms with Crippen LogP contribution >= 0.6 is 0 Å². The van der Waals surface area contributed by atoms with E-state index < -0.39 is 10.0 Å². The average Bonchev–Trinajstić information content (AvgIpc) is 3.05. The molecule has 3 aromatic carbocycles. The first-order valence-corrected chi connectivity index (χ1v) is 16.7. The van der Waals surface area contributed by atoms with E-state index in [1.54, 1.807) is 25.4 Å². The Morgan fingerprint density at radius 2 is 1.74 bits per heavy atom. The number of nitrogens with one attached hydrogen (secondary N) is 2. The fourth-order valence-corrected chi connectivity index (χ4v) is 7.94. The Morgan fingerprint density at radius 3 is 2.51 bits per heavy atom. The van der Waals surface area contributed by atoms with Crippen molar-refractivity contribution in [3.8, 4) is 5.75 Å². The van der Waals surface area contributed by atoms with Crippen molar-refractivity contribution in [1.82, 2.24) is 15.0 Å². The molecule has 6 rings (SSSR count). The summed E-state index contributed by atoms with van der Waals surface area (Å²) in [5.41, 5.74) is 3.70. The van der Waals surface area contributed by atoms with Crippen LogP contribution in [0.1, 0.15) is 54.7 Å². The molecule has 0 aliphatic heterocycles. The lowest BCUT2D eigenvalue weighted by molar-refractivity contribution is -0.127. The number of pyridine rings is 1. The highest BCUT2D eigenvalue weighted by Gasteiger charge is 2.34. The van der Waals surface area contributed by atoms with Crippen molar-refractivity contribution in [3.63, 3.8) is 0 Å². The van der Waals surface area contributed by atoms with Gasteiger partial charge in [-0.1, -0.05) is 42.5 Å². The molecule has 0 saturated heterocycles. The normalized spacial score (nSPS) is 22.1. The van der Waals surface area contributed by atoms with Gasteiger partial charge in [-0.15, -0.1) is 0 Å². The van der Waals surface area contributed by atoms with Gasteiger partial charge in [0.15, 0.2) is 0 Å². The number of carbonyl (C=O) groups excluding carboxylic acids is 1. The maximum Gasteiger partial charge on any atom is 0.240 e. The molecule has 43 heavy (non-hydrogen) atoms. The number of carbonyl (C=O) groups is 1. The summed E-state index contributed by atoms with van der Waals surface area (Å²) in [6, 6.07) is 23.4. The van der Waals surface area contributed by atoms with E-state index in [9.17, 15) is 13.2 Å². The van der Waals surface area contributed by atoms with E-state index in [2.05, 4.69) is 33.2 Å². The number of aromatic nitrogens is 1. The Labute approximate surface area is 254 Å². The summed E-state index contributed by atoms with van der Waals surface area (Å²) in [5.74, 6) is 1.30. The Balaban J connectivity index is 1.06. The van der Waals surface area contributed by atoms with Gasteiger partial charge in [-0.3, -0.25) is 9.78 Å². The zero-order valence-corrected chi connectivity index (χ0v) is 25.4. The molecular weight excluding hydrogens is 558 g/mol. The van der Waals surface area contributed by atoms with Crippen molar-refractivity contribution in [2.45, 2.75) is 61.8 Å². The van der Waals surface area contributed by atoms with E-state index >= 15 is 0 Å². The molecular formula is C35H39N3O4S. The monoisotopic (exact) mass is 597 g/mol. The maximum atomic E-state index is 13.5. The number of fused-ring (bicyclic) bond motifs is 2. The van der Waals surface area contributed by atoms with Gasteiger partial charge in [0.1, 0.15) is 5.75 Å². The number of amides is 1. The molecule has 2 aliphatic rings. The molecule has 4 aromatic rings. The molecule has 2 N–H and O–H groups in total. The van der Waals surface area contributed by atoms with Crippen LogP contribution in [0, 0.1) is 11.8 Å². The highest BCUT2D eigenvalue weighted by molar-refractivity contribution is 7.89. The van der Waals surface area contributed by atoms with Crippen LogP contribution in [0.5, 0.6) is 5.75 Å².